The van der Waals surface area contributed by atoms with Crippen molar-refractivity contribution in [1.29, 1.82) is 0 Å². The second-order valence-electron chi connectivity index (χ2n) is 4.29. The number of para-hydroxylation sites is 1. The van der Waals surface area contributed by atoms with Crippen LogP contribution in [0.25, 0.3) is 10.8 Å². The van der Waals surface area contributed by atoms with Gasteiger partial charge in [-0.2, -0.15) is 4.98 Å². The van der Waals surface area contributed by atoms with E-state index >= 15 is 0 Å². The maximum absolute atomic E-state index is 11.9. The summed E-state index contributed by atoms with van der Waals surface area (Å²) in [6.45, 7) is 1.81. The minimum absolute atomic E-state index is 0.0453. The summed E-state index contributed by atoms with van der Waals surface area (Å²) in [6.07, 6.45) is 0.0453. The molecule has 2 heterocycles. The zero-order valence-corrected chi connectivity index (χ0v) is 11.9. The average Bonchev–Trinajstić information content (AvgIpc) is 3.08. The molecule has 0 aliphatic heterocycles. The molecule has 0 saturated carbocycles. The summed E-state index contributed by atoms with van der Waals surface area (Å²) >= 11 is 1.18. The van der Waals surface area contributed by atoms with E-state index in [4.69, 9.17) is 4.52 Å². The number of benzene rings is 1. The lowest BCUT2D eigenvalue weighted by atomic mass is 10.3. The molecule has 1 amide bonds. The molecule has 2 aromatic heterocycles. The Kier molecular flexibility index (Phi) is 3.69. The molecule has 0 spiro atoms. The highest BCUT2D eigenvalue weighted by molar-refractivity contribution is 7.09. The summed E-state index contributed by atoms with van der Waals surface area (Å²) in [7, 11) is 0. The van der Waals surface area contributed by atoms with Gasteiger partial charge >= 0.3 is 0 Å². The lowest BCUT2D eigenvalue weighted by Gasteiger charge is -2.01. The van der Waals surface area contributed by atoms with Gasteiger partial charge in [0.25, 0.3) is 5.89 Å². The van der Waals surface area contributed by atoms with Crippen molar-refractivity contribution in [2.75, 3.05) is 5.32 Å². The van der Waals surface area contributed by atoms with Crippen LogP contribution >= 0.6 is 11.5 Å². The monoisotopic (exact) mass is 301 g/mol. The van der Waals surface area contributed by atoms with Gasteiger partial charge in [0, 0.05) is 5.69 Å². The van der Waals surface area contributed by atoms with E-state index < -0.39 is 0 Å². The number of anilines is 1. The second kappa shape index (κ2) is 5.80. The van der Waals surface area contributed by atoms with E-state index in [1.807, 2.05) is 37.3 Å². The Morgan fingerprint density at radius 1 is 1.33 bits per heavy atom. The molecule has 1 aromatic carbocycles. The van der Waals surface area contributed by atoms with Gasteiger partial charge in [-0.3, -0.25) is 4.79 Å². The molecule has 21 heavy (non-hydrogen) atoms. The van der Waals surface area contributed by atoms with Crippen LogP contribution in [0.3, 0.4) is 0 Å². The molecule has 0 fully saturated rings. The zero-order valence-electron chi connectivity index (χ0n) is 11.1. The quantitative estimate of drug-likeness (QED) is 0.793. The van der Waals surface area contributed by atoms with Gasteiger partial charge in [0.1, 0.15) is 4.88 Å². The van der Waals surface area contributed by atoms with Crippen molar-refractivity contribution in [3.8, 4) is 10.8 Å². The first-order valence-electron chi connectivity index (χ1n) is 6.19. The fourth-order valence-corrected chi connectivity index (χ4v) is 2.29. The van der Waals surface area contributed by atoms with Gasteiger partial charge in [0.15, 0.2) is 5.82 Å². The first-order chi connectivity index (χ1) is 10.2. The number of nitrogens with zero attached hydrogens (tertiary/aromatic N) is 4. The van der Waals surface area contributed by atoms with Crippen molar-refractivity contribution < 1.29 is 9.32 Å². The van der Waals surface area contributed by atoms with E-state index in [0.29, 0.717) is 11.7 Å². The van der Waals surface area contributed by atoms with Gasteiger partial charge in [-0.25, -0.2) is 0 Å². The van der Waals surface area contributed by atoms with Gasteiger partial charge in [0.2, 0.25) is 5.91 Å². The first kappa shape index (κ1) is 13.4. The third-order valence-corrected chi connectivity index (χ3v) is 3.51. The van der Waals surface area contributed by atoms with E-state index in [1.54, 1.807) is 0 Å². The highest BCUT2D eigenvalue weighted by Gasteiger charge is 2.16. The number of hydrogen-bond acceptors (Lipinski definition) is 7. The Morgan fingerprint density at radius 2 is 2.14 bits per heavy atom. The third-order valence-electron chi connectivity index (χ3n) is 2.69. The molecular formula is C13H11N5O2S. The van der Waals surface area contributed by atoms with E-state index in [9.17, 15) is 4.79 Å². The summed E-state index contributed by atoms with van der Waals surface area (Å²) in [4.78, 5) is 16.8. The second-order valence-corrected chi connectivity index (χ2v) is 5.05. The molecular weight excluding hydrogens is 290 g/mol. The molecule has 1 N–H and O–H groups in total. The minimum Gasteiger partial charge on any atom is -0.333 e. The highest BCUT2D eigenvalue weighted by atomic mass is 32.1. The average molecular weight is 301 g/mol. The Hall–Kier alpha value is -2.61. The number of aryl methyl sites for hydroxylation is 1. The van der Waals surface area contributed by atoms with Gasteiger partial charge in [-0.05, 0) is 30.6 Å². The van der Waals surface area contributed by atoms with Gasteiger partial charge in [0.05, 0.1) is 12.1 Å². The molecule has 0 radical (unpaired) electrons. The van der Waals surface area contributed by atoms with Crippen LogP contribution in [0.15, 0.2) is 34.9 Å². The van der Waals surface area contributed by atoms with E-state index in [-0.39, 0.29) is 12.3 Å². The largest absolute Gasteiger partial charge is 0.333 e. The van der Waals surface area contributed by atoms with E-state index in [0.717, 1.165) is 16.3 Å². The van der Waals surface area contributed by atoms with Crippen LogP contribution in [-0.4, -0.2) is 25.6 Å². The van der Waals surface area contributed by atoms with E-state index in [2.05, 4.69) is 25.0 Å². The number of carbonyl (C=O) groups excluding carboxylic acids is 1. The molecule has 8 heteroatoms. The van der Waals surface area contributed by atoms with Crippen molar-refractivity contribution in [2.45, 2.75) is 13.3 Å². The highest BCUT2D eigenvalue weighted by Crippen LogP contribution is 2.23. The number of hydrogen-bond donors (Lipinski definition) is 1. The standard InChI is InChI=1S/C13H11N5O2S/c1-8-12(21-18-16-8)13-15-10(17-20-13)7-11(19)14-9-5-3-2-4-6-9/h2-6H,7H2,1H3,(H,14,19). The minimum atomic E-state index is -0.201. The predicted octanol–water partition coefficient (Wildman–Crippen LogP) is 2.08. The van der Waals surface area contributed by atoms with Crippen molar-refractivity contribution in [3.05, 3.63) is 41.9 Å². The lowest BCUT2D eigenvalue weighted by molar-refractivity contribution is -0.115. The molecule has 0 bridgehead atoms. The molecule has 0 unspecified atom stereocenters. The SMILES string of the molecule is Cc1nnsc1-c1nc(CC(=O)Nc2ccccc2)no1. The Morgan fingerprint density at radius 3 is 2.86 bits per heavy atom. The molecule has 106 valence electrons. The van der Waals surface area contributed by atoms with Crippen LogP contribution in [0.4, 0.5) is 5.69 Å². The van der Waals surface area contributed by atoms with E-state index in [1.165, 1.54) is 11.5 Å². The topological polar surface area (TPSA) is 93.8 Å². The molecule has 0 saturated heterocycles. The van der Waals surface area contributed by atoms with Crippen molar-refractivity contribution in [1.82, 2.24) is 19.7 Å². The molecule has 3 aromatic rings. The van der Waals surface area contributed by atoms with Crippen LogP contribution in [0.5, 0.6) is 0 Å². The van der Waals surface area contributed by atoms with Crippen molar-refractivity contribution in [2.24, 2.45) is 0 Å². The number of aromatic nitrogens is 4. The normalized spacial score (nSPS) is 10.5. The van der Waals surface area contributed by atoms with Gasteiger partial charge in [-0.15, -0.1) is 5.10 Å². The Labute approximate surface area is 124 Å². The van der Waals surface area contributed by atoms with Crippen molar-refractivity contribution >= 4 is 23.1 Å². The van der Waals surface area contributed by atoms with Crippen LogP contribution in [0.2, 0.25) is 0 Å². The van der Waals surface area contributed by atoms with Crippen LogP contribution in [-0.2, 0) is 11.2 Å². The molecule has 0 aliphatic rings. The number of amides is 1. The summed E-state index contributed by atoms with van der Waals surface area (Å²) in [5.74, 6) is 0.462. The maximum atomic E-state index is 11.9. The van der Waals surface area contributed by atoms with Crippen molar-refractivity contribution in [3.63, 3.8) is 0 Å². The summed E-state index contributed by atoms with van der Waals surface area (Å²) in [6, 6.07) is 9.20. The predicted molar refractivity (Wildman–Crippen MR) is 76.7 cm³/mol. The Bertz CT molecular complexity index is 753. The Balaban J connectivity index is 1.67. The van der Waals surface area contributed by atoms with Gasteiger partial charge in [-0.1, -0.05) is 27.8 Å². The molecule has 3 rings (SSSR count). The van der Waals surface area contributed by atoms with Crippen LogP contribution in [0, 0.1) is 6.92 Å². The van der Waals surface area contributed by atoms with Gasteiger partial charge < -0.3 is 9.84 Å². The third kappa shape index (κ3) is 3.11. The zero-order chi connectivity index (χ0) is 14.7. The summed E-state index contributed by atoms with van der Waals surface area (Å²) in [5.41, 5.74) is 1.46. The molecule has 7 nitrogen and oxygen atoms in total. The summed E-state index contributed by atoms with van der Waals surface area (Å²) < 4.78 is 8.94. The molecule has 0 aliphatic carbocycles. The number of rotatable bonds is 4. The maximum Gasteiger partial charge on any atom is 0.271 e. The lowest BCUT2D eigenvalue weighted by Crippen LogP contribution is -2.15. The number of nitrogens with one attached hydrogen (secondary N) is 1. The first-order valence-corrected chi connectivity index (χ1v) is 6.96. The van der Waals surface area contributed by atoms with Crippen LogP contribution < -0.4 is 5.32 Å². The summed E-state index contributed by atoms with van der Waals surface area (Å²) in [5, 5.41) is 10.4. The van der Waals surface area contributed by atoms with Crippen LogP contribution in [0.1, 0.15) is 11.5 Å². The smallest absolute Gasteiger partial charge is 0.271 e. The fraction of sp³-hybridized carbons (Fsp3) is 0.154. The molecule has 0 atom stereocenters. The number of carbonyl (C=O) groups is 1. The fourth-order valence-electron chi connectivity index (χ4n) is 1.72.